The standard InChI is InChI=1S/C19H22N4O3/c1-2-23-11-16(9-20-23)25-19-13-22(12-17(19)24)10-15-8-18(26-21-15)14-6-4-3-5-7-14/h3-9,11,17,19,24H,2,10,12-13H2,1H3/t17-,19-/m1/s1. The van der Waals surface area contributed by atoms with Crippen molar-refractivity contribution in [3.05, 3.63) is 54.5 Å². The summed E-state index contributed by atoms with van der Waals surface area (Å²) in [6.07, 6.45) is 2.72. The van der Waals surface area contributed by atoms with Crippen LogP contribution in [0.25, 0.3) is 11.3 Å². The lowest BCUT2D eigenvalue weighted by Gasteiger charge is -2.15. The fourth-order valence-electron chi connectivity index (χ4n) is 3.18. The van der Waals surface area contributed by atoms with Crippen LogP contribution in [0.15, 0.2) is 53.3 Å². The fourth-order valence-corrected chi connectivity index (χ4v) is 3.18. The Morgan fingerprint density at radius 1 is 1.27 bits per heavy atom. The third kappa shape index (κ3) is 3.63. The number of aryl methyl sites for hydroxylation is 1. The van der Waals surface area contributed by atoms with Crippen LogP contribution in [0.5, 0.6) is 5.75 Å². The van der Waals surface area contributed by atoms with Crippen molar-refractivity contribution < 1.29 is 14.4 Å². The van der Waals surface area contributed by atoms with Gasteiger partial charge in [0.25, 0.3) is 0 Å². The Morgan fingerprint density at radius 3 is 2.88 bits per heavy atom. The molecule has 0 amide bonds. The molecule has 0 spiro atoms. The van der Waals surface area contributed by atoms with Crippen LogP contribution in [-0.2, 0) is 13.1 Å². The Labute approximate surface area is 151 Å². The number of ether oxygens (including phenoxy) is 1. The normalized spacial score (nSPS) is 20.5. The van der Waals surface area contributed by atoms with E-state index in [4.69, 9.17) is 9.26 Å². The van der Waals surface area contributed by atoms with Gasteiger partial charge in [-0.25, -0.2) is 0 Å². The van der Waals surface area contributed by atoms with Crippen LogP contribution in [-0.4, -0.2) is 50.2 Å². The Kier molecular flexibility index (Phi) is 4.73. The highest BCUT2D eigenvalue weighted by molar-refractivity contribution is 5.56. The van der Waals surface area contributed by atoms with Crippen molar-refractivity contribution in [3.8, 4) is 17.1 Å². The molecule has 1 aliphatic heterocycles. The lowest BCUT2D eigenvalue weighted by molar-refractivity contribution is 0.0736. The first-order valence-corrected chi connectivity index (χ1v) is 8.82. The van der Waals surface area contributed by atoms with E-state index in [9.17, 15) is 5.11 Å². The first kappa shape index (κ1) is 16.8. The van der Waals surface area contributed by atoms with E-state index in [-0.39, 0.29) is 6.10 Å². The van der Waals surface area contributed by atoms with Gasteiger partial charge in [0.05, 0.1) is 18.1 Å². The number of aromatic nitrogens is 3. The summed E-state index contributed by atoms with van der Waals surface area (Å²) in [5, 5.41) is 18.7. The van der Waals surface area contributed by atoms with Gasteiger partial charge in [0, 0.05) is 37.8 Å². The molecule has 3 heterocycles. The number of likely N-dealkylation sites (tertiary alicyclic amines) is 1. The highest BCUT2D eigenvalue weighted by Gasteiger charge is 2.33. The average Bonchev–Trinajstić information content (AvgIpc) is 3.38. The highest BCUT2D eigenvalue weighted by Crippen LogP contribution is 2.23. The van der Waals surface area contributed by atoms with Crippen LogP contribution < -0.4 is 4.74 Å². The third-order valence-corrected chi connectivity index (χ3v) is 4.54. The highest BCUT2D eigenvalue weighted by atomic mass is 16.5. The van der Waals surface area contributed by atoms with E-state index >= 15 is 0 Å². The molecule has 3 aromatic rings. The average molecular weight is 354 g/mol. The molecule has 1 saturated heterocycles. The maximum absolute atomic E-state index is 10.3. The molecule has 0 unspecified atom stereocenters. The minimum absolute atomic E-state index is 0.273. The van der Waals surface area contributed by atoms with Crippen LogP contribution >= 0.6 is 0 Å². The molecule has 26 heavy (non-hydrogen) atoms. The first-order valence-electron chi connectivity index (χ1n) is 8.82. The summed E-state index contributed by atoms with van der Waals surface area (Å²) in [4.78, 5) is 2.12. The Balaban J connectivity index is 1.37. The fraction of sp³-hybridized carbons (Fsp3) is 0.368. The van der Waals surface area contributed by atoms with Crippen LogP contribution in [0.1, 0.15) is 12.6 Å². The second-order valence-corrected chi connectivity index (χ2v) is 6.50. The number of benzene rings is 1. The topological polar surface area (TPSA) is 76.5 Å². The quantitative estimate of drug-likeness (QED) is 0.731. The van der Waals surface area contributed by atoms with Gasteiger partial charge in [-0.05, 0) is 6.92 Å². The molecule has 0 saturated carbocycles. The van der Waals surface area contributed by atoms with E-state index in [1.165, 1.54) is 0 Å². The Hall–Kier alpha value is -2.64. The lowest BCUT2D eigenvalue weighted by atomic mass is 10.1. The molecule has 2 aromatic heterocycles. The van der Waals surface area contributed by atoms with Crippen molar-refractivity contribution in [1.29, 1.82) is 0 Å². The van der Waals surface area contributed by atoms with Crippen LogP contribution in [0.4, 0.5) is 0 Å². The van der Waals surface area contributed by atoms with E-state index in [1.54, 1.807) is 10.9 Å². The summed E-state index contributed by atoms with van der Waals surface area (Å²) in [5.41, 5.74) is 1.84. The van der Waals surface area contributed by atoms with Crippen molar-refractivity contribution in [2.75, 3.05) is 13.1 Å². The van der Waals surface area contributed by atoms with E-state index in [0.717, 1.165) is 23.6 Å². The summed E-state index contributed by atoms with van der Waals surface area (Å²) in [6.45, 7) is 4.59. The van der Waals surface area contributed by atoms with Gasteiger partial charge in [0.2, 0.25) is 0 Å². The summed E-state index contributed by atoms with van der Waals surface area (Å²) in [6, 6.07) is 11.8. The number of nitrogens with zero attached hydrogens (tertiary/aromatic N) is 4. The zero-order valence-electron chi connectivity index (χ0n) is 14.7. The number of rotatable bonds is 6. The monoisotopic (exact) mass is 354 g/mol. The molecule has 2 atom stereocenters. The minimum Gasteiger partial charge on any atom is -0.483 e. The maximum atomic E-state index is 10.3. The molecular weight excluding hydrogens is 332 g/mol. The molecular formula is C19H22N4O3. The smallest absolute Gasteiger partial charge is 0.167 e. The SMILES string of the molecule is CCn1cc(O[C@@H]2CN(Cc3cc(-c4ccccc4)on3)C[C@H]2O)cn1. The molecule has 1 fully saturated rings. The summed E-state index contributed by atoms with van der Waals surface area (Å²) in [7, 11) is 0. The maximum Gasteiger partial charge on any atom is 0.167 e. The number of β-amino-alcohol motifs (C(OH)–C–C–N with tert-alkyl or cyclic N) is 1. The Bertz CT molecular complexity index is 845. The second-order valence-electron chi connectivity index (χ2n) is 6.50. The summed E-state index contributed by atoms with van der Waals surface area (Å²) < 4.78 is 13.1. The van der Waals surface area contributed by atoms with Gasteiger partial charge in [-0.3, -0.25) is 9.58 Å². The van der Waals surface area contributed by atoms with E-state index in [1.807, 2.05) is 49.5 Å². The van der Waals surface area contributed by atoms with Crippen molar-refractivity contribution in [1.82, 2.24) is 19.8 Å². The summed E-state index contributed by atoms with van der Waals surface area (Å²) in [5.74, 6) is 1.44. The van der Waals surface area contributed by atoms with Crippen molar-refractivity contribution >= 4 is 0 Å². The van der Waals surface area contributed by atoms with E-state index < -0.39 is 6.10 Å². The second kappa shape index (κ2) is 7.31. The van der Waals surface area contributed by atoms with E-state index in [0.29, 0.717) is 25.4 Å². The van der Waals surface area contributed by atoms with Gasteiger partial charge < -0.3 is 14.4 Å². The van der Waals surface area contributed by atoms with Gasteiger partial charge >= 0.3 is 0 Å². The predicted octanol–water partition coefficient (Wildman–Crippen LogP) is 2.18. The van der Waals surface area contributed by atoms with Gasteiger partial charge in [-0.2, -0.15) is 5.10 Å². The van der Waals surface area contributed by atoms with Gasteiger partial charge in [-0.15, -0.1) is 0 Å². The van der Waals surface area contributed by atoms with Gasteiger partial charge in [0.15, 0.2) is 11.5 Å². The zero-order valence-corrected chi connectivity index (χ0v) is 14.7. The number of hydrogen-bond donors (Lipinski definition) is 1. The number of aliphatic hydroxyl groups is 1. The molecule has 4 rings (SSSR count). The van der Waals surface area contributed by atoms with Crippen LogP contribution in [0.2, 0.25) is 0 Å². The zero-order chi connectivity index (χ0) is 17.9. The first-order chi connectivity index (χ1) is 12.7. The molecule has 0 bridgehead atoms. The molecule has 1 aliphatic rings. The van der Waals surface area contributed by atoms with Crippen molar-refractivity contribution in [2.24, 2.45) is 0 Å². The predicted molar refractivity (Wildman–Crippen MR) is 95.5 cm³/mol. The molecule has 136 valence electrons. The summed E-state index contributed by atoms with van der Waals surface area (Å²) >= 11 is 0. The minimum atomic E-state index is -0.541. The van der Waals surface area contributed by atoms with Gasteiger partial charge in [0.1, 0.15) is 12.2 Å². The number of hydrogen-bond acceptors (Lipinski definition) is 6. The van der Waals surface area contributed by atoms with Crippen LogP contribution in [0, 0.1) is 0 Å². The molecule has 0 radical (unpaired) electrons. The third-order valence-electron chi connectivity index (χ3n) is 4.54. The largest absolute Gasteiger partial charge is 0.483 e. The Morgan fingerprint density at radius 2 is 2.12 bits per heavy atom. The molecule has 1 aromatic carbocycles. The number of aliphatic hydroxyl groups excluding tert-OH is 1. The van der Waals surface area contributed by atoms with Gasteiger partial charge in [-0.1, -0.05) is 35.5 Å². The lowest BCUT2D eigenvalue weighted by Crippen LogP contribution is -2.29. The van der Waals surface area contributed by atoms with Crippen LogP contribution in [0.3, 0.4) is 0 Å². The van der Waals surface area contributed by atoms with Crippen molar-refractivity contribution in [3.63, 3.8) is 0 Å². The molecule has 7 nitrogen and oxygen atoms in total. The molecule has 7 heteroatoms. The molecule has 0 aliphatic carbocycles. The molecule has 1 N–H and O–H groups in total. The van der Waals surface area contributed by atoms with Crippen molar-refractivity contribution in [2.45, 2.75) is 32.2 Å². The van der Waals surface area contributed by atoms with E-state index in [2.05, 4.69) is 15.2 Å².